The van der Waals surface area contributed by atoms with Crippen LogP contribution in [-0.4, -0.2) is 50.3 Å². The van der Waals surface area contributed by atoms with Crippen molar-refractivity contribution in [1.82, 2.24) is 9.21 Å². The number of rotatable bonds is 5. The van der Waals surface area contributed by atoms with Crippen LogP contribution in [0.4, 0.5) is 4.39 Å². The van der Waals surface area contributed by atoms with Gasteiger partial charge in [0.1, 0.15) is 5.82 Å². The van der Waals surface area contributed by atoms with Gasteiger partial charge in [0.2, 0.25) is 10.0 Å². The second-order valence-corrected chi connectivity index (χ2v) is 8.77. The highest BCUT2D eigenvalue weighted by Gasteiger charge is 2.28. The van der Waals surface area contributed by atoms with Crippen LogP contribution in [0, 0.1) is 19.7 Å². The maximum absolute atomic E-state index is 13.7. The Balaban J connectivity index is 1.59. The Morgan fingerprint density at radius 2 is 1.65 bits per heavy atom. The van der Waals surface area contributed by atoms with Crippen molar-refractivity contribution >= 4 is 10.0 Å². The van der Waals surface area contributed by atoms with Gasteiger partial charge in [-0.1, -0.05) is 24.3 Å². The average Bonchev–Trinajstić information content (AvgIpc) is 2.63. The molecule has 0 saturated carbocycles. The van der Waals surface area contributed by atoms with Gasteiger partial charge in [-0.25, -0.2) is 12.8 Å². The molecule has 4 nitrogen and oxygen atoms in total. The highest BCUT2D eigenvalue weighted by molar-refractivity contribution is 7.89. The minimum atomic E-state index is -3.45. The topological polar surface area (TPSA) is 40.6 Å². The summed E-state index contributed by atoms with van der Waals surface area (Å²) in [5, 5.41) is 0. The molecule has 2 aromatic carbocycles. The Hall–Kier alpha value is -1.76. The Bertz CT molecular complexity index is 875. The van der Waals surface area contributed by atoms with Crippen LogP contribution in [0.5, 0.6) is 0 Å². The molecule has 0 radical (unpaired) electrons. The Labute approximate surface area is 155 Å². The van der Waals surface area contributed by atoms with Gasteiger partial charge in [-0.05, 0) is 55.2 Å². The number of aryl methyl sites for hydroxylation is 2. The van der Waals surface area contributed by atoms with Crippen molar-refractivity contribution in [2.75, 3.05) is 32.7 Å². The average molecular weight is 376 g/mol. The molecule has 0 bridgehead atoms. The largest absolute Gasteiger partial charge is 0.300 e. The van der Waals surface area contributed by atoms with Crippen molar-refractivity contribution in [2.24, 2.45) is 0 Å². The minimum Gasteiger partial charge on any atom is -0.300 e. The van der Waals surface area contributed by atoms with Crippen LogP contribution in [0.3, 0.4) is 0 Å². The molecule has 0 aromatic heterocycles. The van der Waals surface area contributed by atoms with Crippen molar-refractivity contribution in [3.63, 3.8) is 0 Å². The van der Waals surface area contributed by atoms with Crippen LogP contribution in [0.1, 0.15) is 16.7 Å². The Kier molecular flexibility index (Phi) is 5.75. The van der Waals surface area contributed by atoms with E-state index in [0.29, 0.717) is 43.1 Å². The van der Waals surface area contributed by atoms with Gasteiger partial charge in [0, 0.05) is 32.7 Å². The lowest BCUT2D eigenvalue weighted by Crippen LogP contribution is -2.49. The number of sulfonamides is 1. The van der Waals surface area contributed by atoms with Gasteiger partial charge in [0.25, 0.3) is 0 Å². The second kappa shape index (κ2) is 7.86. The molecule has 0 amide bonds. The zero-order chi connectivity index (χ0) is 18.7. The van der Waals surface area contributed by atoms with E-state index >= 15 is 0 Å². The summed E-state index contributed by atoms with van der Waals surface area (Å²) in [5.41, 5.74) is 2.77. The Morgan fingerprint density at radius 1 is 0.962 bits per heavy atom. The molecular formula is C20H25FN2O2S. The number of hydrogen-bond acceptors (Lipinski definition) is 3. The van der Waals surface area contributed by atoms with E-state index in [-0.39, 0.29) is 5.82 Å². The van der Waals surface area contributed by atoms with Crippen molar-refractivity contribution in [3.05, 3.63) is 65.0 Å². The van der Waals surface area contributed by atoms with E-state index < -0.39 is 10.0 Å². The maximum atomic E-state index is 13.7. The lowest BCUT2D eigenvalue weighted by Gasteiger charge is -2.34. The van der Waals surface area contributed by atoms with E-state index in [4.69, 9.17) is 0 Å². The first-order valence-electron chi connectivity index (χ1n) is 8.91. The zero-order valence-corrected chi connectivity index (χ0v) is 16.1. The molecule has 3 rings (SSSR count). The molecule has 0 atom stereocenters. The summed E-state index contributed by atoms with van der Waals surface area (Å²) in [4.78, 5) is 2.55. The lowest BCUT2D eigenvalue weighted by atomic mass is 10.1. The zero-order valence-electron chi connectivity index (χ0n) is 15.3. The fourth-order valence-corrected chi connectivity index (χ4v) is 4.70. The number of nitrogens with zero attached hydrogens (tertiary/aromatic N) is 2. The molecule has 1 aliphatic heterocycles. The van der Waals surface area contributed by atoms with Gasteiger partial charge in [-0.15, -0.1) is 0 Å². The number of hydrogen-bond donors (Lipinski definition) is 0. The maximum Gasteiger partial charge on any atom is 0.243 e. The summed E-state index contributed by atoms with van der Waals surface area (Å²) in [7, 11) is -3.45. The first kappa shape index (κ1) is 19.0. The Morgan fingerprint density at radius 3 is 2.31 bits per heavy atom. The predicted molar refractivity (Wildman–Crippen MR) is 101 cm³/mol. The monoisotopic (exact) mass is 376 g/mol. The van der Waals surface area contributed by atoms with E-state index in [1.165, 1.54) is 6.07 Å². The van der Waals surface area contributed by atoms with Gasteiger partial charge in [0.05, 0.1) is 4.90 Å². The molecule has 1 saturated heterocycles. The van der Waals surface area contributed by atoms with Crippen LogP contribution in [0.15, 0.2) is 47.4 Å². The molecule has 0 spiro atoms. The highest BCUT2D eigenvalue weighted by Crippen LogP contribution is 2.20. The van der Waals surface area contributed by atoms with Gasteiger partial charge in [-0.2, -0.15) is 4.31 Å². The fourth-order valence-electron chi connectivity index (χ4n) is 3.20. The summed E-state index contributed by atoms with van der Waals surface area (Å²) in [6, 6.07) is 12.1. The quantitative estimate of drug-likeness (QED) is 0.806. The third-order valence-corrected chi connectivity index (χ3v) is 7.00. The van der Waals surface area contributed by atoms with Crippen LogP contribution in [0.25, 0.3) is 0 Å². The smallest absolute Gasteiger partial charge is 0.243 e. The van der Waals surface area contributed by atoms with E-state index in [1.807, 2.05) is 26.0 Å². The van der Waals surface area contributed by atoms with Crippen molar-refractivity contribution < 1.29 is 12.8 Å². The number of piperazine rings is 1. The first-order chi connectivity index (χ1) is 12.4. The van der Waals surface area contributed by atoms with Gasteiger partial charge in [0.15, 0.2) is 0 Å². The number of benzene rings is 2. The summed E-state index contributed by atoms with van der Waals surface area (Å²) in [6.45, 7) is 6.89. The molecule has 1 aliphatic rings. The molecule has 0 aliphatic carbocycles. The first-order valence-corrected chi connectivity index (χ1v) is 10.3. The molecule has 6 heteroatoms. The highest BCUT2D eigenvalue weighted by atomic mass is 32.2. The molecule has 1 heterocycles. The SMILES string of the molecule is Cc1ccc(S(=O)(=O)N2CCN(CCc3ccccc3F)CC2)cc1C. The third kappa shape index (κ3) is 4.14. The summed E-state index contributed by atoms with van der Waals surface area (Å²) >= 11 is 0. The molecule has 1 fully saturated rings. The minimum absolute atomic E-state index is 0.177. The van der Waals surface area contributed by atoms with Crippen LogP contribution < -0.4 is 0 Å². The lowest BCUT2D eigenvalue weighted by molar-refractivity contribution is 0.190. The van der Waals surface area contributed by atoms with Crippen LogP contribution in [-0.2, 0) is 16.4 Å². The van der Waals surface area contributed by atoms with Crippen molar-refractivity contribution in [2.45, 2.75) is 25.2 Å². The molecular weight excluding hydrogens is 351 g/mol. The van der Waals surface area contributed by atoms with Crippen LogP contribution in [0.2, 0.25) is 0 Å². The summed E-state index contributed by atoms with van der Waals surface area (Å²) in [6.07, 6.45) is 0.635. The molecule has 0 N–H and O–H groups in total. The van der Waals surface area contributed by atoms with Gasteiger partial charge >= 0.3 is 0 Å². The van der Waals surface area contributed by atoms with Crippen LogP contribution >= 0.6 is 0 Å². The van der Waals surface area contributed by atoms with Gasteiger partial charge in [-0.3, -0.25) is 0 Å². The second-order valence-electron chi connectivity index (χ2n) is 6.83. The molecule has 2 aromatic rings. The third-order valence-electron chi connectivity index (χ3n) is 5.10. The molecule has 0 unspecified atom stereocenters. The van der Waals surface area contributed by atoms with E-state index in [0.717, 1.165) is 17.7 Å². The van der Waals surface area contributed by atoms with E-state index in [9.17, 15) is 12.8 Å². The van der Waals surface area contributed by atoms with Crippen molar-refractivity contribution in [1.29, 1.82) is 0 Å². The van der Waals surface area contributed by atoms with E-state index in [2.05, 4.69) is 4.90 Å². The van der Waals surface area contributed by atoms with Gasteiger partial charge < -0.3 is 4.90 Å². The number of halogens is 1. The fraction of sp³-hybridized carbons (Fsp3) is 0.400. The standard InChI is InChI=1S/C20H25FN2O2S/c1-16-7-8-19(15-17(16)2)26(24,25)23-13-11-22(12-14-23)10-9-18-5-3-4-6-20(18)21/h3-8,15H,9-14H2,1-2H3. The summed E-state index contributed by atoms with van der Waals surface area (Å²) < 4.78 is 40.9. The van der Waals surface area contributed by atoms with Crippen molar-refractivity contribution in [3.8, 4) is 0 Å². The normalized spacial score (nSPS) is 16.7. The summed E-state index contributed by atoms with van der Waals surface area (Å²) in [5.74, 6) is -0.177. The van der Waals surface area contributed by atoms with E-state index in [1.54, 1.807) is 28.6 Å². The predicted octanol–water partition coefficient (Wildman–Crippen LogP) is 2.99. The molecule has 140 valence electrons. The molecule has 26 heavy (non-hydrogen) atoms.